The van der Waals surface area contributed by atoms with Gasteiger partial charge in [-0.3, -0.25) is 14.9 Å². The van der Waals surface area contributed by atoms with Gasteiger partial charge in [0.2, 0.25) is 5.95 Å². The zero-order valence-electron chi connectivity index (χ0n) is 21.4. The van der Waals surface area contributed by atoms with E-state index in [0.717, 1.165) is 23.7 Å². The van der Waals surface area contributed by atoms with Crippen LogP contribution in [0.25, 0.3) is 22.2 Å². The summed E-state index contributed by atoms with van der Waals surface area (Å²) in [4.78, 5) is 36.2. The molecule has 0 aliphatic heterocycles. The summed E-state index contributed by atoms with van der Waals surface area (Å²) in [5, 5.41) is 15.9. The molecule has 4 rings (SSSR count). The molecule has 0 bridgehead atoms. The van der Waals surface area contributed by atoms with Crippen molar-refractivity contribution in [1.82, 2.24) is 19.4 Å². The van der Waals surface area contributed by atoms with Gasteiger partial charge >= 0.3 is 0 Å². The highest BCUT2D eigenvalue weighted by molar-refractivity contribution is 6.04. The van der Waals surface area contributed by atoms with Crippen molar-refractivity contribution in [2.45, 2.75) is 0 Å². The molecule has 11 nitrogen and oxygen atoms in total. The summed E-state index contributed by atoms with van der Waals surface area (Å²) in [6, 6.07) is 12.5. The van der Waals surface area contributed by atoms with E-state index < -0.39 is 4.92 Å². The SMILES string of the molecule is COc1cc(N(C)CCN(C)C)c([N+](=O)[O-])cc1Nc1nccc(-c2c(C=O)n(C)c3ccccc23)n1. The third kappa shape index (κ3) is 5.07. The number of carbonyl (C=O) groups is 1. The molecule has 0 aliphatic rings. The van der Waals surface area contributed by atoms with Gasteiger partial charge in [0, 0.05) is 62.0 Å². The third-order valence-electron chi connectivity index (χ3n) is 6.21. The van der Waals surface area contributed by atoms with Crippen LogP contribution >= 0.6 is 0 Å². The fourth-order valence-corrected chi connectivity index (χ4v) is 4.25. The van der Waals surface area contributed by atoms with Crippen molar-refractivity contribution < 1.29 is 14.5 Å². The highest BCUT2D eigenvalue weighted by atomic mass is 16.6. The lowest BCUT2D eigenvalue weighted by atomic mass is 10.1. The van der Waals surface area contributed by atoms with Crippen molar-refractivity contribution in [3.63, 3.8) is 0 Å². The Bertz CT molecular complexity index is 1470. The van der Waals surface area contributed by atoms with Crippen LogP contribution in [0.15, 0.2) is 48.7 Å². The number of fused-ring (bicyclic) bond motifs is 1. The molecule has 2 heterocycles. The minimum atomic E-state index is -0.421. The quantitative estimate of drug-likeness (QED) is 0.194. The molecule has 2 aromatic heterocycles. The van der Waals surface area contributed by atoms with Crippen LogP contribution in [-0.4, -0.2) is 72.0 Å². The number of nitro groups is 1. The monoisotopic (exact) mass is 503 g/mol. The molecule has 192 valence electrons. The molecule has 0 saturated heterocycles. The summed E-state index contributed by atoms with van der Waals surface area (Å²) in [7, 11) is 9.02. The molecule has 0 radical (unpaired) electrons. The lowest BCUT2D eigenvalue weighted by Crippen LogP contribution is -2.28. The molecule has 0 fully saturated rings. The number of nitrogens with zero attached hydrogens (tertiary/aromatic N) is 6. The zero-order chi connectivity index (χ0) is 26.7. The molecular formula is C26H29N7O4. The molecule has 2 aromatic carbocycles. The van der Waals surface area contributed by atoms with Crippen LogP contribution < -0.4 is 15.0 Å². The smallest absolute Gasteiger partial charge is 0.294 e. The van der Waals surface area contributed by atoms with Crippen LogP contribution in [0.1, 0.15) is 10.5 Å². The van der Waals surface area contributed by atoms with Crippen LogP contribution in [0.4, 0.5) is 23.0 Å². The fraction of sp³-hybridized carbons (Fsp3) is 0.269. The third-order valence-corrected chi connectivity index (χ3v) is 6.21. The normalized spacial score (nSPS) is 11.1. The van der Waals surface area contributed by atoms with E-state index in [0.29, 0.717) is 40.6 Å². The fourth-order valence-electron chi connectivity index (χ4n) is 4.25. The summed E-state index contributed by atoms with van der Waals surface area (Å²) in [5.41, 5.74) is 3.35. The van der Waals surface area contributed by atoms with Crippen LogP contribution in [-0.2, 0) is 7.05 Å². The lowest BCUT2D eigenvalue weighted by molar-refractivity contribution is -0.384. The predicted molar refractivity (Wildman–Crippen MR) is 144 cm³/mol. The van der Waals surface area contributed by atoms with Crippen molar-refractivity contribution >= 4 is 40.2 Å². The van der Waals surface area contributed by atoms with Crippen LogP contribution in [0.3, 0.4) is 0 Å². The molecule has 0 amide bonds. The Balaban J connectivity index is 1.75. The molecule has 0 unspecified atom stereocenters. The number of nitrogens with one attached hydrogen (secondary N) is 1. The number of rotatable bonds is 10. The van der Waals surface area contributed by atoms with E-state index in [-0.39, 0.29) is 11.6 Å². The summed E-state index contributed by atoms with van der Waals surface area (Å²) >= 11 is 0. The van der Waals surface area contributed by atoms with E-state index in [9.17, 15) is 14.9 Å². The number of anilines is 3. The minimum Gasteiger partial charge on any atom is -0.494 e. The summed E-state index contributed by atoms with van der Waals surface area (Å²) in [5.74, 6) is 0.619. The first kappa shape index (κ1) is 25.6. The number of aldehydes is 1. The van der Waals surface area contributed by atoms with Gasteiger partial charge in [0.1, 0.15) is 11.4 Å². The highest BCUT2D eigenvalue weighted by Gasteiger charge is 2.23. The highest BCUT2D eigenvalue weighted by Crippen LogP contribution is 2.39. The Morgan fingerprint density at radius 2 is 1.92 bits per heavy atom. The number of hydrogen-bond donors (Lipinski definition) is 1. The number of aromatic nitrogens is 3. The standard InChI is InChI=1S/C26H29N7O4/c1-30(2)12-13-31(3)21-15-24(37-5)19(14-22(21)33(35)36)29-26-27-11-10-18(28-26)25-17-8-6-7-9-20(17)32(4)23(25)16-34/h6-11,14-16H,12-13H2,1-5H3,(H,27,28,29). The average Bonchev–Trinajstić information content (AvgIpc) is 3.18. The van der Waals surface area contributed by atoms with Crippen molar-refractivity contribution in [2.75, 3.05) is 51.6 Å². The van der Waals surface area contributed by atoms with E-state index >= 15 is 0 Å². The number of hydrogen-bond acceptors (Lipinski definition) is 9. The topological polar surface area (TPSA) is 119 Å². The molecule has 37 heavy (non-hydrogen) atoms. The molecular weight excluding hydrogens is 474 g/mol. The van der Waals surface area contributed by atoms with Crippen LogP contribution in [0, 0.1) is 10.1 Å². The van der Waals surface area contributed by atoms with E-state index in [1.807, 2.05) is 59.8 Å². The number of nitro benzene ring substituents is 1. The second-order valence-electron chi connectivity index (χ2n) is 8.87. The van der Waals surface area contributed by atoms with Crippen molar-refractivity contribution in [2.24, 2.45) is 7.05 Å². The maximum Gasteiger partial charge on any atom is 0.294 e. The van der Waals surface area contributed by atoms with Crippen molar-refractivity contribution in [3.05, 3.63) is 64.5 Å². The van der Waals surface area contributed by atoms with Crippen LogP contribution in [0.5, 0.6) is 5.75 Å². The first-order valence-electron chi connectivity index (χ1n) is 11.6. The van der Waals surface area contributed by atoms with Gasteiger partial charge in [-0.2, -0.15) is 0 Å². The van der Waals surface area contributed by atoms with E-state index in [1.54, 1.807) is 25.4 Å². The minimum absolute atomic E-state index is 0.0713. The summed E-state index contributed by atoms with van der Waals surface area (Å²) in [6.07, 6.45) is 2.38. The summed E-state index contributed by atoms with van der Waals surface area (Å²) < 4.78 is 7.38. The molecule has 0 aliphatic carbocycles. The molecule has 0 atom stereocenters. The van der Waals surface area contributed by atoms with Gasteiger partial charge in [-0.05, 0) is 26.2 Å². The first-order chi connectivity index (χ1) is 17.7. The molecule has 11 heteroatoms. The average molecular weight is 504 g/mol. The lowest BCUT2D eigenvalue weighted by Gasteiger charge is -2.22. The first-order valence-corrected chi connectivity index (χ1v) is 11.6. The molecule has 4 aromatic rings. The van der Waals surface area contributed by atoms with Gasteiger partial charge in [0.05, 0.1) is 29.1 Å². The number of benzene rings is 2. The number of likely N-dealkylation sites (N-methyl/N-ethyl adjacent to an activating group) is 2. The van der Waals surface area contributed by atoms with E-state index in [2.05, 4.69) is 15.3 Å². The van der Waals surface area contributed by atoms with Gasteiger partial charge in [-0.1, -0.05) is 18.2 Å². The Morgan fingerprint density at radius 3 is 2.59 bits per heavy atom. The number of aryl methyl sites for hydroxylation is 1. The van der Waals surface area contributed by atoms with Crippen molar-refractivity contribution in [3.8, 4) is 17.0 Å². The number of methoxy groups -OCH3 is 1. The van der Waals surface area contributed by atoms with Gasteiger partial charge in [0.25, 0.3) is 5.69 Å². The van der Waals surface area contributed by atoms with Gasteiger partial charge in [-0.25, -0.2) is 9.97 Å². The van der Waals surface area contributed by atoms with E-state index in [4.69, 9.17) is 4.74 Å². The predicted octanol–water partition coefficient (Wildman–Crippen LogP) is 4.11. The number of para-hydroxylation sites is 1. The Hall–Kier alpha value is -4.51. The number of carbonyl (C=O) groups excluding carboxylic acids is 1. The number of ether oxygens (including phenoxy) is 1. The zero-order valence-corrected chi connectivity index (χ0v) is 21.4. The molecule has 0 saturated carbocycles. The maximum atomic E-state index is 12.0. The second-order valence-corrected chi connectivity index (χ2v) is 8.87. The largest absolute Gasteiger partial charge is 0.494 e. The maximum absolute atomic E-state index is 12.0. The van der Waals surface area contributed by atoms with Crippen LogP contribution in [0.2, 0.25) is 0 Å². The van der Waals surface area contributed by atoms with E-state index in [1.165, 1.54) is 13.2 Å². The Morgan fingerprint density at radius 1 is 1.16 bits per heavy atom. The molecule has 1 N–H and O–H groups in total. The van der Waals surface area contributed by atoms with Gasteiger partial charge in [0.15, 0.2) is 6.29 Å². The van der Waals surface area contributed by atoms with Crippen molar-refractivity contribution in [1.29, 1.82) is 0 Å². The van der Waals surface area contributed by atoms with Gasteiger partial charge < -0.3 is 24.4 Å². The second kappa shape index (κ2) is 10.6. The Kier molecular flexibility index (Phi) is 7.35. The Labute approximate surface area is 214 Å². The molecule has 0 spiro atoms. The van der Waals surface area contributed by atoms with Gasteiger partial charge in [-0.15, -0.1) is 0 Å². The summed E-state index contributed by atoms with van der Waals surface area (Å²) in [6.45, 7) is 1.33.